The average Bonchev–Trinajstić information content (AvgIpc) is 1.83. The molecule has 0 spiro atoms. The Morgan fingerprint density at radius 1 is 1.42 bits per heavy atom. The van der Waals surface area contributed by atoms with Gasteiger partial charge in [0.15, 0.2) is 0 Å². The molecule has 66 valence electrons. The lowest BCUT2D eigenvalue weighted by molar-refractivity contribution is 0.588. The summed E-state index contributed by atoms with van der Waals surface area (Å²) in [4.78, 5) is 7.39. The van der Waals surface area contributed by atoms with Gasteiger partial charge in [-0.25, -0.2) is 9.97 Å². The molecule has 0 N–H and O–H groups in total. The van der Waals surface area contributed by atoms with E-state index >= 15 is 0 Å². The summed E-state index contributed by atoms with van der Waals surface area (Å²) >= 11 is 11.2. The first-order chi connectivity index (χ1) is 5.41. The Balaban J connectivity index is 3.28. The van der Waals surface area contributed by atoms with Gasteiger partial charge in [0.05, 0.1) is 5.30 Å². The predicted octanol–water partition coefficient (Wildman–Crippen LogP) is 2.03. The molecule has 3 nitrogen and oxygen atoms in total. The van der Waals surface area contributed by atoms with Crippen molar-refractivity contribution < 1.29 is 4.57 Å². The first-order valence-electron chi connectivity index (χ1n) is 3.15. The Morgan fingerprint density at radius 3 is 2.42 bits per heavy atom. The normalized spacial score (nSPS) is 11.7. The van der Waals surface area contributed by atoms with Gasteiger partial charge in [0.25, 0.3) is 0 Å². The van der Waals surface area contributed by atoms with E-state index in [-0.39, 0.29) is 10.4 Å². The van der Waals surface area contributed by atoms with Gasteiger partial charge in [0.1, 0.15) is 12.3 Å². The molecule has 6 heteroatoms. The van der Waals surface area contributed by atoms with Gasteiger partial charge in [-0.15, -0.1) is 0 Å². The van der Waals surface area contributed by atoms with E-state index in [2.05, 4.69) is 9.97 Å². The summed E-state index contributed by atoms with van der Waals surface area (Å²) in [7, 11) is -2.39. The Kier molecular flexibility index (Phi) is 2.77. The molecule has 0 fully saturated rings. The average molecular weight is 225 g/mol. The molecule has 0 radical (unpaired) electrons. The van der Waals surface area contributed by atoms with Crippen LogP contribution in [0, 0.1) is 0 Å². The minimum Gasteiger partial charge on any atom is -0.319 e. The molecule has 0 aromatic carbocycles. The van der Waals surface area contributed by atoms with Crippen molar-refractivity contribution >= 4 is 35.6 Å². The zero-order valence-corrected chi connectivity index (χ0v) is 8.99. The topological polar surface area (TPSA) is 42.9 Å². The zero-order valence-electron chi connectivity index (χ0n) is 6.58. The maximum Gasteiger partial charge on any atom is 0.223 e. The molecular weight excluding hydrogens is 218 g/mol. The first kappa shape index (κ1) is 9.97. The van der Waals surface area contributed by atoms with Gasteiger partial charge in [0, 0.05) is 6.20 Å². The summed E-state index contributed by atoms with van der Waals surface area (Å²) in [6, 6.07) is 0. The van der Waals surface area contributed by atoms with Crippen LogP contribution in [0.25, 0.3) is 0 Å². The molecule has 0 aliphatic rings. The van der Waals surface area contributed by atoms with E-state index in [9.17, 15) is 4.57 Å². The summed E-state index contributed by atoms with van der Waals surface area (Å²) in [5, 5.41) is 0.703. The Labute approximate surface area is 80.5 Å². The van der Waals surface area contributed by atoms with Gasteiger partial charge >= 0.3 is 0 Å². The van der Waals surface area contributed by atoms with Crippen molar-refractivity contribution in [3.63, 3.8) is 0 Å². The summed E-state index contributed by atoms with van der Waals surface area (Å²) < 4.78 is 11.5. The van der Waals surface area contributed by atoms with Crippen LogP contribution in [0.3, 0.4) is 0 Å². The number of hydrogen-bond acceptors (Lipinski definition) is 3. The molecule has 1 aromatic heterocycles. The number of rotatable bonds is 1. The van der Waals surface area contributed by atoms with Gasteiger partial charge in [-0.1, -0.05) is 11.6 Å². The van der Waals surface area contributed by atoms with Gasteiger partial charge in [-0.05, 0) is 24.9 Å². The quantitative estimate of drug-likeness (QED) is 0.417. The fourth-order valence-electron chi connectivity index (χ4n) is 0.696. The summed E-state index contributed by atoms with van der Waals surface area (Å²) in [5.41, 5.74) is 0. The van der Waals surface area contributed by atoms with Crippen molar-refractivity contribution in [3.8, 4) is 0 Å². The van der Waals surface area contributed by atoms with Crippen LogP contribution in [-0.4, -0.2) is 23.3 Å². The Bertz CT molecular complexity index is 349. The highest BCUT2D eigenvalue weighted by atomic mass is 35.5. The smallest absolute Gasteiger partial charge is 0.223 e. The van der Waals surface area contributed by atoms with E-state index in [0.29, 0.717) is 5.30 Å². The molecule has 0 amide bonds. The van der Waals surface area contributed by atoms with Crippen molar-refractivity contribution in [1.29, 1.82) is 0 Å². The highest BCUT2D eigenvalue weighted by Crippen LogP contribution is 2.36. The second-order valence-corrected chi connectivity index (χ2v) is 6.55. The lowest BCUT2D eigenvalue weighted by Crippen LogP contribution is -2.07. The molecule has 1 aromatic rings. The molecule has 12 heavy (non-hydrogen) atoms. The third kappa shape index (κ3) is 2.19. The Hall–Kier alpha value is -0.110. The van der Waals surface area contributed by atoms with Crippen LogP contribution in [0.2, 0.25) is 10.4 Å². The lowest BCUT2D eigenvalue weighted by atomic mass is 10.7. The summed E-state index contributed by atoms with van der Waals surface area (Å²) in [6.07, 6.45) is 1.40. The largest absolute Gasteiger partial charge is 0.319 e. The second-order valence-electron chi connectivity index (χ2n) is 2.67. The van der Waals surface area contributed by atoms with E-state index in [4.69, 9.17) is 23.2 Å². The molecule has 0 unspecified atom stereocenters. The van der Waals surface area contributed by atoms with Crippen LogP contribution in [0.15, 0.2) is 6.20 Å². The van der Waals surface area contributed by atoms with Crippen LogP contribution in [0.1, 0.15) is 0 Å². The molecule has 0 aliphatic carbocycles. The number of aromatic nitrogens is 2. The third-order valence-corrected chi connectivity index (χ3v) is 3.36. The van der Waals surface area contributed by atoms with Crippen LogP contribution in [0.4, 0.5) is 0 Å². The van der Waals surface area contributed by atoms with Crippen molar-refractivity contribution in [3.05, 3.63) is 16.6 Å². The zero-order chi connectivity index (χ0) is 9.35. The SMILES string of the molecule is CP(C)(=O)c1cnc(Cl)nc1Cl. The van der Waals surface area contributed by atoms with E-state index in [1.165, 1.54) is 6.20 Å². The predicted molar refractivity (Wildman–Crippen MR) is 51.1 cm³/mol. The number of halogens is 2. The van der Waals surface area contributed by atoms with Gasteiger partial charge in [0.2, 0.25) is 5.28 Å². The summed E-state index contributed by atoms with van der Waals surface area (Å²) in [5.74, 6) is 0. The van der Waals surface area contributed by atoms with E-state index in [0.717, 1.165) is 0 Å². The highest BCUT2D eigenvalue weighted by molar-refractivity contribution is 7.70. The monoisotopic (exact) mass is 224 g/mol. The minimum absolute atomic E-state index is 0.0669. The standard InChI is InChI=1S/C6H7Cl2N2OP/c1-12(2,11)4-3-9-6(8)10-5(4)7/h3H,1-2H3. The molecule has 0 saturated carbocycles. The maximum atomic E-state index is 11.5. The van der Waals surface area contributed by atoms with Crippen LogP contribution in [-0.2, 0) is 4.57 Å². The fraction of sp³-hybridized carbons (Fsp3) is 0.333. The highest BCUT2D eigenvalue weighted by Gasteiger charge is 2.16. The molecular formula is C6H7Cl2N2OP. The van der Waals surface area contributed by atoms with E-state index in [1.54, 1.807) is 13.3 Å². The van der Waals surface area contributed by atoms with Crippen LogP contribution < -0.4 is 5.30 Å². The summed E-state index contributed by atoms with van der Waals surface area (Å²) in [6.45, 7) is 3.21. The fourth-order valence-corrected chi connectivity index (χ4v) is 2.44. The number of nitrogens with zero attached hydrogens (tertiary/aromatic N) is 2. The maximum absolute atomic E-state index is 11.5. The molecule has 0 aliphatic heterocycles. The van der Waals surface area contributed by atoms with E-state index < -0.39 is 7.14 Å². The molecule has 0 bridgehead atoms. The third-order valence-electron chi connectivity index (χ3n) is 1.28. The van der Waals surface area contributed by atoms with Crippen molar-refractivity contribution in [2.45, 2.75) is 0 Å². The molecule has 0 atom stereocenters. The molecule has 1 heterocycles. The number of hydrogen-bond donors (Lipinski definition) is 0. The minimum atomic E-state index is -2.39. The van der Waals surface area contributed by atoms with E-state index in [1.807, 2.05) is 0 Å². The van der Waals surface area contributed by atoms with Crippen molar-refractivity contribution in [2.75, 3.05) is 13.3 Å². The van der Waals surface area contributed by atoms with Crippen LogP contribution >= 0.6 is 30.3 Å². The molecule has 1 rings (SSSR count). The van der Waals surface area contributed by atoms with Crippen molar-refractivity contribution in [1.82, 2.24) is 9.97 Å². The van der Waals surface area contributed by atoms with Crippen LogP contribution in [0.5, 0.6) is 0 Å². The van der Waals surface area contributed by atoms with Gasteiger partial charge < -0.3 is 4.57 Å². The Morgan fingerprint density at radius 2 is 2.00 bits per heavy atom. The lowest BCUT2D eigenvalue weighted by Gasteiger charge is -2.06. The first-order valence-corrected chi connectivity index (χ1v) is 6.50. The second kappa shape index (κ2) is 3.33. The molecule has 0 saturated heterocycles. The van der Waals surface area contributed by atoms with Gasteiger partial charge in [-0.2, -0.15) is 0 Å². The van der Waals surface area contributed by atoms with Gasteiger partial charge in [-0.3, -0.25) is 0 Å². The van der Waals surface area contributed by atoms with Crippen molar-refractivity contribution in [2.24, 2.45) is 0 Å².